The van der Waals surface area contributed by atoms with E-state index in [1.165, 1.54) is 51.4 Å². The fraction of sp³-hybridized carbons (Fsp3) is 1.00. The summed E-state index contributed by atoms with van der Waals surface area (Å²) in [6.45, 7) is 0. The van der Waals surface area contributed by atoms with Crippen LogP contribution in [0.15, 0.2) is 0 Å². The minimum atomic E-state index is 0.175. The first kappa shape index (κ1) is 9.17. The van der Waals surface area contributed by atoms with Crippen LogP contribution in [0, 0.1) is 0 Å². The van der Waals surface area contributed by atoms with E-state index in [1.807, 2.05) is 0 Å². The van der Waals surface area contributed by atoms with Gasteiger partial charge in [-0.25, -0.2) is 0 Å². The van der Waals surface area contributed by atoms with Gasteiger partial charge in [0.05, 0.1) is 11.7 Å². The molecule has 14 heavy (non-hydrogen) atoms. The third-order valence-electron chi connectivity index (χ3n) is 4.38. The van der Waals surface area contributed by atoms with E-state index < -0.39 is 0 Å². The first-order valence-electron chi connectivity index (χ1n) is 6.17. The van der Waals surface area contributed by atoms with Crippen molar-refractivity contribution in [2.45, 2.75) is 75.0 Å². The van der Waals surface area contributed by atoms with Crippen molar-refractivity contribution < 1.29 is 4.74 Å². The van der Waals surface area contributed by atoms with E-state index in [9.17, 15) is 0 Å². The maximum Gasteiger partial charge on any atom is 0.0687 e. The van der Waals surface area contributed by atoms with Crippen LogP contribution in [0.1, 0.15) is 57.8 Å². The molecule has 1 unspecified atom stereocenters. The van der Waals surface area contributed by atoms with Gasteiger partial charge in [-0.3, -0.25) is 0 Å². The molecule has 2 aliphatic carbocycles. The van der Waals surface area contributed by atoms with Gasteiger partial charge in [0, 0.05) is 5.54 Å². The standard InChI is InChI=1S/C12H21NO/c13-11(7-8-11)9-10-3-6-12(14-10)4-1-2-5-12/h10H,1-9,13H2. The van der Waals surface area contributed by atoms with Crippen molar-refractivity contribution in [3.8, 4) is 0 Å². The fourth-order valence-corrected chi connectivity index (χ4v) is 3.24. The second kappa shape index (κ2) is 2.96. The summed E-state index contributed by atoms with van der Waals surface area (Å²) in [7, 11) is 0. The zero-order valence-corrected chi connectivity index (χ0v) is 8.93. The summed E-state index contributed by atoms with van der Waals surface area (Å²) in [5.41, 5.74) is 6.61. The lowest BCUT2D eigenvalue weighted by Crippen LogP contribution is -2.30. The first-order valence-corrected chi connectivity index (χ1v) is 6.17. The monoisotopic (exact) mass is 195 g/mol. The van der Waals surface area contributed by atoms with Gasteiger partial charge in [-0.15, -0.1) is 0 Å². The van der Waals surface area contributed by atoms with Gasteiger partial charge in [0.15, 0.2) is 0 Å². The predicted octanol–water partition coefficient (Wildman–Crippen LogP) is 2.36. The molecule has 2 heteroatoms. The number of nitrogens with two attached hydrogens (primary N) is 1. The Morgan fingerprint density at radius 3 is 2.43 bits per heavy atom. The number of hydrogen-bond acceptors (Lipinski definition) is 2. The number of ether oxygens (including phenoxy) is 1. The molecule has 3 fully saturated rings. The zero-order valence-electron chi connectivity index (χ0n) is 8.93. The van der Waals surface area contributed by atoms with Crippen molar-refractivity contribution in [2.75, 3.05) is 0 Å². The van der Waals surface area contributed by atoms with Crippen molar-refractivity contribution in [1.82, 2.24) is 0 Å². The Labute approximate surface area is 86.2 Å². The molecule has 1 aliphatic heterocycles. The van der Waals surface area contributed by atoms with Crippen LogP contribution in [-0.2, 0) is 4.74 Å². The molecule has 3 rings (SSSR count). The Morgan fingerprint density at radius 1 is 1.07 bits per heavy atom. The zero-order chi connectivity index (χ0) is 9.65. The van der Waals surface area contributed by atoms with Gasteiger partial charge in [0.1, 0.15) is 0 Å². The predicted molar refractivity (Wildman–Crippen MR) is 56.1 cm³/mol. The van der Waals surface area contributed by atoms with Crippen LogP contribution in [-0.4, -0.2) is 17.2 Å². The smallest absolute Gasteiger partial charge is 0.0687 e. The van der Waals surface area contributed by atoms with Crippen LogP contribution in [0.25, 0.3) is 0 Å². The van der Waals surface area contributed by atoms with E-state index >= 15 is 0 Å². The lowest BCUT2D eigenvalue weighted by Gasteiger charge is -2.24. The van der Waals surface area contributed by atoms with Crippen molar-refractivity contribution in [3.05, 3.63) is 0 Å². The maximum atomic E-state index is 6.25. The Morgan fingerprint density at radius 2 is 1.79 bits per heavy atom. The van der Waals surface area contributed by atoms with E-state index in [-0.39, 0.29) is 5.54 Å². The molecule has 0 aromatic rings. The summed E-state index contributed by atoms with van der Waals surface area (Å²) in [4.78, 5) is 0. The van der Waals surface area contributed by atoms with Crippen LogP contribution in [0.2, 0.25) is 0 Å². The Balaban J connectivity index is 1.58. The van der Waals surface area contributed by atoms with E-state index in [0.717, 1.165) is 6.42 Å². The molecule has 1 saturated heterocycles. The second-order valence-corrected chi connectivity index (χ2v) is 5.74. The van der Waals surface area contributed by atoms with Gasteiger partial charge >= 0.3 is 0 Å². The quantitative estimate of drug-likeness (QED) is 0.734. The molecule has 2 nitrogen and oxygen atoms in total. The molecular formula is C12H21NO. The Hall–Kier alpha value is -0.0800. The summed E-state index contributed by atoms with van der Waals surface area (Å²) in [6.07, 6.45) is 12.0. The normalized spacial score (nSPS) is 37.9. The third-order valence-corrected chi connectivity index (χ3v) is 4.38. The molecule has 2 saturated carbocycles. The molecule has 3 aliphatic rings. The molecular weight excluding hydrogens is 174 g/mol. The van der Waals surface area contributed by atoms with Crippen molar-refractivity contribution >= 4 is 0 Å². The highest BCUT2D eigenvalue weighted by Crippen LogP contribution is 2.47. The summed E-state index contributed by atoms with van der Waals surface area (Å²) in [6, 6.07) is 0. The highest BCUT2D eigenvalue weighted by atomic mass is 16.5. The average Bonchev–Trinajstić information content (AvgIpc) is 2.65. The molecule has 80 valence electrons. The van der Waals surface area contributed by atoms with Crippen LogP contribution >= 0.6 is 0 Å². The molecule has 2 N–H and O–H groups in total. The molecule has 0 aromatic carbocycles. The van der Waals surface area contributed by atoms with E-state index in [2.05, 4.69) is 0 Å². The molecule has 0 radical (unpaired) electrons. The van der Waals surface area contributed by atoms with E-state index in [0.29, 0.717) is 11.7 Å². The van der Waals surface area contributed by atoms with E-state index in [1.54, 1.807) is 0 Å². The largest absolute Gasteiger partial charge is 0.372 e. The van der Waals surface area contributed by atoms with Crippen molar-refractivity contribution in [3.63, 3.8) is 0 Å². The number of rotatable bonds is 2. The van der Waals surface area contributed by atoms with E-state index in [4.69, 9.17) is 10.5 Å². The van der Waals surface area contributed by atoms with Crippen molar-refractivity contribution in [2.24, 2.45) is 5.73 Å². The molecule has 1 atom stereocenters. The highest BCUT2D eigenvalue weighted by molar-refractivity contribution is 5.03. The fourth-order valence-electron chi connectivity index (χ4n) is 3.24. The van der Waals surface area contributed by atoms with Crippen LogP contribution in [0.4, 0.5) is 0 Å². The lowest BCUT2D eigenvalue weighted by atomic mass is 9.97. The topological polar surface area (TPSA) is 35.2 Å². The van der Waals surface area contributed by atoms with Crippen LogP contribution < -0.4 is 5.73 Å². The lowest BCUT2D eigenvalue weighted by molar-refractivity contribution is -0.0417. The molecule has 0 bridgehead atoms. The Kier molecular flexibility index (Phi) is 1.94. The summed E-state index contributed by atoms with van der Waals surface area (Å²) < 4.78 is 6.25. The van der Waals surface area contributed by atoms with Gasteiger partial charge in [-0.05, 0) is 44.9 Å². The summed E-state index contributed by atoms with van der Waals surface area (Å²) >= 11 is 0. The minimum absolute atomic E-state index is 0.175. The van der Waals surface area contributed by atoms with Gasteiger partial charge in [0.25, 0.3) is 0 Å². The summed E-state index contributed by atoms with van der Waals surface area (Å²) in [5.74, 6) is 0. The maximum absolute atomic E-state index is 6.25. The molecule has 1 heterocycles. The van der Waals surface area contributed by atoms with Gasteiger partial charge in [-0.2, -0.15) is 0 Å². The van der Waals surface area contributed by atoms with Crippen molar-refractivity contribution in [1.29, 1.82) is 0 Å². The Bertz CT molecular complexity index is 228. The molecule has 1 spiro atoms. The van der Waals surface area contributed by atoms with Gasteiger partial charge in [-0.1, -0.05) is 12.8 Å². The van der Waals surface area contributed by atoms with Gasteiger partial charge in [0.2, 0.25) is 0 Å². The highest BCUT2D eigenvalue weighted by Gasteiger charge is 2.47. The minimum Gasteiger partial charge on any atom is -0.372 e. The van der Waals surface area contributed by atoms with Gasteiger partial charge < -0.3 is 10.5 Å². The molecule has 0 amide bonds. The first-order chi connectivity index (χ1) is 6.70. The SMILES string of the molecule is NC1(CC2CCC3(CCCC3)O2)CC1. The third kappa shape index (κ3) is 1.59. The molecule has 0 aromatic heterocycles. The van der Waals surface area contributed by atoms with Crippen LogP contribution in [0.5, 0.6) is 0 Å². The van der Waals surface area contributed by atoms with Crippen LogP contribution in [0.3, 0.4) is 0 Å². The average molecular weight is 195 g/mol. The second-order valence-electron chi connectivity index (χ2n) is 5.74. The number of hydrogen-bond donors (Lipinski definition) is 1. The summed E-state index contributed by atoms with van der Waals surface area (Å²) in [5, 5.41) is 0.